The van der Waals surface area contributed by atoms with E-state index < -0.39 is 23.8 Å². The van der Waals surface area contributed by atoms with E-state index in [4.69, 9.17) is 4.74 Å². The quantitative estimate of drug-likeness (QED) is 0.776. The van der Waals surface area contributed by atoms with E-state index >= 15 is 0 Å². The normalized spacial score (nSPS) is 18.1. The molecule has 0 bridgehead atoms. The zero-order valence-corrected chi connectivity index (χ0v) is 10.0. The van der Waals surface area contributed by atoms with Crippen LogP contribution in [0.2, 0.25) is 0 Å². The second-order valence-corrected chi connectivity index (χ2v) is 3.90. The lowest BCUT2D eigenvalue weighted by Gasteiger charge is -2.27. The summed E-state index contributed by atoms with van der Waals surface area (Å²) in [6.45, 7) is 1.53. The summed E-state index contributed by atoms with van der Waals surface area (Å²) in [5.74, 6) is -0.919. The van der Waals surface area contributed by atoms with Crippen LogP contribution in [0.4, 0.5) is 13.2 Å². The molecule has 1 aliphatic heterocycles. The van der Waals surface area contributed by atoms with Crippen LogP contribution in [0.15, 0.2) is 29.8 Å². The van der Waals surface area contributed by atoms with Crippen LogP contribution in [0.1, 0.15) is 12.5 Å². The van der Waals surface area contributed by atoms with Crippen molar-refractivity contribution in [1.82, 2.24) is 0 Å². The van der Waals surface area contributed by atoms with Crippen LogP contribution < -0.4 is 4.74 Å². The third kappa shape index (κ3) is 2.72. The van der Waals surface area contributed by atoms with Crippen LogP contribution in [0, 0.1) is 0 Å². The SMILES string of the molecule is CCOC(=O)C1=Cc2ccccc2O[C@H]1C(F)(F)F. The van der Waals surface area contributed by atoms with Crippen molar-refractivity contribution in [3.8, 4) is 5.75 Å². The fourth-order valence-electron chi connectivity index (χ4n) is 1.76. The molecule has 0 amide bonds. The van der Waals surface area contributed by atoms with Gasteiger partial charge in [0.15, 0.2) is 0 Å². The average molecular weight is 272 g/mol. The molecule has 1 aliphatic rings. The maximum absolute atomic E-state index is 12.9. The van der Waals surface area contributed by atoms with Crippen molar-refractivity contribution in [2.45, 2.75) is 19.2 Å². The summed E-state index contributed by atoms with van der Waals surface area (Å²) in [7, 11) is 0. The molecular formula is C13H11F3O3. The van der Waals surface area contributed by atoms with E-state index in [1.807, 2.05) is 0 Å². The molecule has 0 unspecified atom stereocenters. The molecule has 0 saturated heterocycles. The Balaban J connectivity index is 2.44. The predicted molar refractivity (Wildman–Crippen MR) is 61.5 cm³/mol. The van der Waals surface area contributed by atoms with Crippen molar-refractivity contribution in [3.63, 3.8) is 0 Å². The predicted octanol–water partition coefficient (Wildman–Crippen LogP) is 2.96. The summed E-state index contributed by atoms with van der Waals surface area (Å²) in [4.78, 5) is 11.6. The number of alkyl halides is 3. The Morgan fingerprint density at radius 2 is 2.05 bits per heavy atom. The van der Waals surface area contributed by atoms with E-state index in [1.54, 1.807) is 18.2 Å². The Bertz CT molecular complexity index is 520. The molecule has 0 saturated carbocycles. The van der Waals surface area contributed by atoms with Gasteiger partial charge in [0, 0.05) is 5.56 Å². The number of hydrogen-bond acceptors (Lipinski definition) is 3. The molecule has 19 heavy (non-hydrogen) atoms. The highest BCUT2D eigenvalue weighted by Gasteiger charge is 2.48. The maximum atomic E-state index is 12.9. The number of halogens is 3. The first-order valence-electron chi connectivity index (χ1n) is 5.64. The van der Waals surface area contributed by atoms with Gasteiger partial charge in [0.1, 0.15) is 5.75 Å². The molecule has 0 N–H and O–H groups in total. The second kappa shape index (κ2) is 4.95. The largest absolute Gasteiger partial charge is 0.475 e. The number of rotatable bonds is 2. The number of carbonyl (C=O) groups is 1. The maximum Gasteiger partial charge on any atom is 0.430 e. The van der Waals surface area contributed by atoms with Gasteiger partial charge >= 0.3 is 12.1 Å². The molecule has 3 nitrogen and oxygen atoms in total. The van der Waals surface area contributed by atoms with Crippen molar-refractivity contribution in [3.05, 3.63) is 35.4 Å². The Morgan fingerprint density at radius 3 is 2.68 bits per heavy atom. The van der Waals surface area contributed by atoms with E-state index in [2.05, 4.69) is 4.74 Å². The summed E-state index contributed by atoms with van der Waals surface area (Å²) in [5, 5.41) is 0. The van der Waals surface area contributed by atoms with Gasteiger partial charge in [0.25, 0.3) is 0 Å². The number of carbonyl (C=O) groups excluding carboxylic acids is 1. The molecule has 2 rings (SSSR count). The second-order valence-electron chi connectivity index (χ2n) is 3.90. The van der Waals surface area contributed by atoms with Crippen molar-refractivity contribution >= 4 is 12.0 Å². The van der Waals surface area contributed by atoms with Crippen LogP contribution in [0.3, 0.4) is 0 Å². The first kappa shape index (κ1) is 13.5. The van der Waals surface area contributed by atoms with Gasteiger partial charge in [-0.25, -0.2) is 4.79 Å². The molecule has 6 heteroatoms. The molecule has 0 fully saturated rings. The highest BCUT2D eigenvalue weighted by molar-refractivity contribution is 5.96. The minimum atomic E-state index is -4.67. The number of benzene rings is 1. The number of hydrogen-bond donors (Lipinski definition) is 0. The number of para-hydroxylation sites is 1. The zero-order chi connectivity index (χ0) is 14.0. The van der Waals surface area contributed by atoms with Crippen LogP contribution in [-0.2, 0) is 9.53 Å². The first-order valence-corrected chi connectivity index (χ1v) is 5.64. The minimum absolute atomic E-state index is 0.00238. The smallest absolute Gasteiger partial charge is 0.430 e. The molecule has 0 radical (unpaired) electrons. The lowest BCUT2D eigenvalue weighted by atomic mass is 10.0. The number of fused-ring (bicyclic) bond motifs is 1. The van der Waals surface area contributed by atoms with Crippen LogP contribution in [-0.4, -0.2) is 24.9 Å². The highest BCUT2D eigenvalue weighted by atomic mass is 19.4. The molecular weight excluding hydrogens is 261 g/mol. The standard InChI is InChI=1S/C13H11F3O3/c1-2-18-12(17)9-7-8-5-3-4-6-10(8)19-11(9)13(14,15)16/h3-7,11H,2H2,1H3/t11-/m1/s1. The summed E-state index contributed by atoms with van der Waals surface area (Å²) >= 11 is 0. The number of ether oxygens (including phenoxy) is 2. The van der Waals surface area contributed by atoms with Gasteiger partial charge in [0.05, 0.1) is 12.2 Å². The summed E-state index contributed by atoms with van der Waals surface area (Å²) < 4.78 is 48.3. The van der Waals surface area contributed by atoms with Gasteiger partial charge in [-0.1, -0.05) is 18.2 Å². The summed E-state index contributed by atoms with van der Waals surface area (Å²) in [6, 6.07) is 6.21. The van der Waals surface area contributed by atoms with Gasteiger partial charge < -0.3 is 9.47 Å². The minimum Gasteiger partial charge on any atom is -0.475 e. The van der Waals surface area contributed by atoms with E-state index in [1.165, 1.54) is 13.0 Å². The van der Waals surface area contributed by atoms with Gasteiger partial charge in [-0.05, 0) is 19.1 Å². The lowest BCUT2D eigenvalue weighted by Crippen LogP contribution is -2.40. The third-order valence-corrected chi connectivity index (χ3v) is 2.57. The lowest BCUT2D eigenvalue weighted by molar-refractivity contribution is -0.187. The van der Waals surface area contributed by atoms with Gasteiger partial charge in [-0.3, -0.25) is 0 Å². The third-order valence-electron chi connectivity index (χ3n) is 2.57. The molecule has 0 aromatic heterocycles. The molecule has 0 aliphatic carbocycles. The van der Waals surface area contributed by atoms with Gasteiger partial charge in [-0.15, -0.1) is 0 Å². The number of esters is 1. The fraction of sp³-hybridized carbons (Fsp3) is 0.308. The van der Waals surface area contributed by atoms with Crippen molar-refractivity contribution in [1.29, 1.82) is 0 Å². The first-order chi connectivity index (χ1) is 8.93. The van der Waals surface area contributed by atoms with E-state index in [0.29, 0.717) is 5.56 Å². The Labute approximate surface area is 107 Å². The topological polar surface area (TPSA) is 35.5 Å². The fourth-order valence-corrected chi connectivity index (χ4v) is 1.76. The van der Waals surface area contributed by atoms with Crippen molar-refractivity contribution < 1.29 is 27.4 Å². The van der Waals surface area contributed by atoms with Crippen molar-refractivity contribution in [2.75, 3.05) is 6.61 Å². The molecule has 102 valence electrons. The van der Waals surface area contributed by atoms with Crippen LogP contribution in [0.25, 0.3) is 6.08 Å². The molecule has 1 heterocycles. The zero-order valence-electron chi connectivity index (χ0n) is 10.0. The molecule has 0 spiro atoms. The van der Waals surface area contributed by atoms with Crippen LogP contribution >= 0.6 is 0 Å². The van der Waals surface area contributed by atoms with Crippen LogP contribution in [0.5, 0.6) is 5.75 Å². The van der Waals surface area contributed by atoms with E-state index in [9.17, 15) is 18.0 Å². The molecule has 1 aromatic carbocycles. The summed E-state index contributed by atoms with van der Waals surface area (Å²) in [6.07, 6.45) is -5.80. The van der Waals surface area contributed by atoms with Gasteiger partial charge in [0.2, 0.25) is 6.10 Å². The molecule has 1 atom stereocenters. The van der Waals surface area contributed by atoms with Gasteiger partial charge in [-0.2, -0.15) is 13.2 Å². The average Bonchev–Trinajstić information content (AvgIpc) is 2.36. The Morgan fingerprint density at radius 1 is 1.37 bits per heavy atom. The Hall–Kier alpha value is -1.98. The summed E-state index contributed by atoms with van der Waals surface area (Å²) in [5.41, 5.74) is -0.112. The van der Waals surface area contributed by atoms with Crippen molar-refractivity contribution in [2.24, 2.45) is 0 Å². The van der Waals surface area contributed by atoms with E-state index in [-0.39, 0.29) is 12.4 Å². The van der Waals surface area contributed by atoms with E-state index in [0.717, 1.165) is 6.08 Å². The molecule has 1 aromatic rings. The highest BCUT2D eigenvalue weighted by Crippen LogP contribution is 2.37. The monoisotopic (exact) mass is 272 g/mol. The Kier molecular flexibility index (Phi) is 3.50.